The Bertz CT molecular complexity index is 838. The van der Waals surface area contributed by atoms with Crippen LogP contribution in [0.2, 0.25) is 0 Å². The van der Waals surface area contributed by atoms with E-state index in [1.807, 2.05) is 43.4 Å². The van der Waals surface area contributed by atoms with E-state index in [-0.39, 0.29) is 29.5 Å². The second-order valence-corrected chi connectivity index (χ2v) is 7.35. The fourth-order valence-electron chi connectivity index (χ4n) is 3.65. The van der Waals surface area contributed by atoms with E-state index in [0.29, 0.717) is 18.5 Å². The highest BCUT2D eigenvalue weighted by molar-refractivity contribution is 6.05. The average molecular weight is 381 g/mol. The zero-order valence-corrected chi connectivity index (χ0v) is 16.0. The van der Waals surface area contributed by atoms with Crippen LogP contribution in [0, 0.1) is 0 Å². The van der Waals surface area contributed by atoms with Gasteiger partial charge in [0.15, 0.2) is 12.6 Å². The maximum Gasteiger partial charge on any atom is 0.362 e. The summed E-state index contributed by atoms with van der Waals surface area (Å²) in [6.45, 7) is 1.01. The summed E-state index contributed by atoms with van der Waals surface area (Å²) in [7, 11) is 1.87. The van der Waals surface area contributed by atoms with Gasteiger partial charge in [-0.25, -0.2) is 4.79 Å². The molecule has 0 bridgehead atoms. The first-order valence-corrected chi connectivity index (χ1v) is 9.42. The van der Waals surface area contributed by atoms with E-state index in [1.165, 1.54) is 0 Å². The number of benzene rings is 2. The molecule has 6 nitrogen and oxygen atoms in total. The van der Waals surface area contributed by atoms with E-state index in [2.05, 4.69) is 5.32 Å². The first kappa shape index (κ1) is 19.8. The van der Waals surface area contributed by atoms with Crippen molar-refractivity contribution in [1.29, 1.82) is 0 Å². The topological polar surface area (TPSA) is 72.5 Å². The van der Waals surface area contributed by atoms with Gasteiger partial charge >= 0.3 is 5.97 Å². The van der Waals surface area contributed by atoms with Gasteiger partial charge < -0.3 is 9.22 Å². The number of hydrogen-bond donors (Lipinski definition) is 1. The van der Waals surface area contributed by atoms with Crippen LogP contribution in [0.4, 0.5) is 0 Å². The number of nitrogens with zero attached hydrogens (tertiary/aromatic N) is 1. The quantitative estimate of drug-likeness (QED) is 0.473. The van der Waals surface area contributed by atoms with Crippen LogP contribution in [0.15, 0.2) is 60.7 Å². The lowest BCUT2D eigenvalue weighted by atomic mass is 10.1. The maximum atomic E-state index is 12.7. The van der Waals surface area contributed by atoms with Crippen LogP contribution in [0.3, 0.4) is 0 Å². The van der Waals surface area contributed by atoms with E-state index >= 15 is 0 Å². The summed E-state index contributed by atoms with van der Waals surface area (Å²) >= 11 is 0. The molecule has 1 unspecified atom stereocenters. The Hall–Kier alpha value is -2.99. The average Bonchev–Trinajstić information content (AvgIpc) is 3.09. The van der Waals surface area contributed by atoms with Crippen LogP contribution in [0.5, 0.6) is 0 Å². The Morgan fingerprint density at radius 1 is 1.04 bits per heavy atom. The Kier molecular flexibility index (Phi) is 6.21. The third-order valence-electron chi connectivity index (χ3n) is 5.21. The van der Waals surface area contributed by atoms with E-state index in [4.69, 9.17) is 4.74 Å². The number of quaternary nitrogens is 1. The Balaban J connectivity index is 1.58. The molecule has 3 rings (SSSR count). The number of likely N-dealkylation sites (tertiary alicyclic amines) is 1. The van der Waals surface area contributed by atoms with Gasteiger partial charge in [0.2, 0.25) is 0 Å². The minimum Gasteiger partial charge on any atom is -0.457 e. The molecule has 1 heterocycles. The minimum absolute atomic E-state index is 0.102. The van der Waals surface area contributed by atoms with Crippen molar-refractivity contribution in [1.82, 2.24) is 5.32 Å². The van der Waals surface area contributed by atoms with Crippen LogP contribution < -0.4 is 5.32 Å². The first-order chi connectivity index (χ1) is 13.5. The molecule has 1 fully saturated rings. The number of nitrogens with one attached hydrogen (secondary N) is 1. The van der Waals surface area contributed by atoms with E-state index in [9.17, 15) is 14.4 Å². The van der Waals surface area contributed by atoms with Crippen molar-refractivity contribution in [2.24, 2.45) is 0 Å². The van der Waals surface area contributed by atoms with Gasteiger partial charge in [-0.1, -0.05) is 48.5 Å². The lowest BCUT2D eigenvalue weighted by Crippen LogP contribution is -2.57. The third-order valence-corrected chi connectivity index (χ3v) is 5.21. The summed E-state index contributed by atoms with van der Waals surface area (Å²) in [6, 6.07) is 17.6. The molecule has 6 heteroatoms. The predicted molar refractivity (Wildman–Crippen MR) is 104 cm³/mol. The number of hydrogen-bond acceptors (Lipinski definition) is 4. The van der Waals surface area contributed by atoms with Gasteiger partial charge in [-0.05, 0) is 17.7 Å². The molecule has 2 amide bonds. The summed E-state index contributed by atoms with van der Waals surface area (Å²) in [5, 5.41) is 2.48. The number of imide groups is 1. The van der Waals surface area contributed by atoms with Gasteiger partial charge in [0.05, 0.1) is 13.6 Å². The lowest BCUT2D eigenvalue weighted by molar-refractivity contribution is -0.905. The number of amides is 2. The number of carbonyl (C=O) groups excluding carboxylic acids is 3. The molecule has 0 aliphatic carbocycles. The van der Waals surface area contributed by atoms with Gasteiger partial charge in [-0.15, -0.1) is 0 Å². The van der Waals surface area contributed by atoms with Gasteiger partial charge in [0.1, 0.15) is 6.61 Å². The van der Waals surface area contributed by atoms with Gasteiger partial charge in [-0.2, -0.15) is 0 Å². The monoisotopic (exact) mass is 381 g/mol. The summed E-state index contributed by atoms with van der Waals surface area (Å²) in [5.41, 5.74) is 1.35. The third kappa shape index (κ3) is 4.84. The number of esters is 1. The molecule has 146 valence electrons. The van der Waals surface area contributed by atoms with Crippen molar-refractivity contribution < 1.29 is 23.6 Å². The Morgan fingerprint density at radius 3 is 2.36 bits per heavy atom. The number of carbonyl (C=O) groups is 3. The molecule has 0 aromatic heterocycles. The fraction of sp³-hybridized carbons (Fsp3) is 0.318. The minimum atomic E-state index is -0.447. The second kappa shape index (κ2) is 8.80. The molecular formula is C22H25N2O4+. The molecule has 1 aliphatic rings. The van der Waals surface area contributed by atoms with Crippen LogP contribution in [-0.2, 0) is 20.9 Å². The van der Waals surface area contributed by atoms with Crippen LogP contribution in [0.1, 0.15) is 28.8 Å². The van der Waals surface area contributed by atoms with Crippen molar-refractivity contribution in [2.45, 2.75) is 25.5 Å². The smallest absolute Gasteiger partial charge is 0.362 e. The van der Waals surface area contributed by atoms with Gasteiger partial charge in [0, 0.05) is 18.4 Å². The zero-order valence-electron chi connectivity index (χ0n) is 16.0. The first-order valence-electron chi connectivity index (χ1n) is 9.42. The molecule has 0 saturated carbocycles. The van der Waals surface area contributed by atoms with Crippen molar-refractivity contribution >= 4 is 17.8 Å². The normalized spacial score (nSPS) is 21.1. The molecule has 1 aliphatic heterocycles. The van der Waals surface area contributed by atoms with E-state index in [1.54, 1.807) is 24.3 Å². The number of likely N-dealkylation sites (N-methyl/N-ethyl adjacent to an activating group) is 1. The van der Waals surface area contributed by atoms with Crippen molar-refractivity contribution in [3.8, 4) is 0 Å². The summed E-state index contributed by atoms with van der Waals surface area (Å²) < 4.78 is 5.63. The molecule has 28 heavy (non-hydrogen) atoms. The molecular weight excluding hydrogens is 356 g/mol. The maximum absolute atomic E-state index is 12.7. The fourth-order valence-corrected chi connectivity index (χ4v) is 3.65. The highest BCUT2D eigenvalue weighted by atomic mass is 16.5. The second-order valence-electron chi connectivity index (χ2n) is 7.35. The zero-order chi connectivity index (χ0) is 20.0. The van der Waals surface area contributed by atoms with Gasteiger partial charge in [-0.3, -0.25) is 14.9 Å². The van der Waals surface area contributed by atoms with Crippen molar-refractivity contribution in [3.63, 3.8) is 0 Å². The van der Waals surface area contributed by atoms with Crippen LogP contribution in [-0.4, -0.2) is 48.4 Å². The molecule has 2 atom stereocenters. The predicted octanol–water partition coefficient (Wildman–Crippen LogP) is 2.30. The largest absolute Gasteiger partial charge is 0.457 e. The highest BCUT2D eigenvalue weighted by Crippen LogP contribution is 2.25. The molecule has 2 aromatic carbocycles. The Morgan fingerprint density at radius 2 is 1.68 bits per heavy atom. The van der Waals surface area contributed by atoms with Crippen LogP contribution >= 0.6 is 0 Å². The molecule has 1 saturated heterocycles. The molecule has 1 N–H and O–H groups in total. The highest BCUT2D eigenvalue weighted by Gasteiger charge is 2.45. The summed E-state index contributed by atoms with van der Waals surface area (Å²) in [6.07, 6.45) is 1.45. The molecule has 2 aromatic rings. The molecule has 0 radical (unpaired) electrons. The summed E-state index contributed by atoms with van der Waals surface area (Å²) in [5.74, 6) is -1.11. The summed E-state index contributed by atoms with van der Waals surface area (Å²) in [4.78, 5) is 37.3. The Labute approximate surface area is 164 Å². The lowest BCUT2D eigenvalue weighted by Gasteiger charge is -2.33. The van der Waals surface area contributed by atoms with E-state index in [0.717, 1.165) is 12.0 Å². The van der Waals surface area contributed by atoms with Crippen molar-refractivity contribution in [2.75, 3.05) is 20.1 Å². The number of ether oxygens (including phenoxy) is 1. The van der Waals surface area contributed by atoms with Crippen molar-refractivity contribution in [3.05, 3.63) is 71.8 Å². The van der Waals surface area contributed by atoms with Crippen LogP contribution in [0.25, 0.3) is 0 Å². The SMILES string of the molecule is C[N+]1(CC(=O)OCc2ccccc2)CCC[C@H]1C(=O)NC(=O)c1ccccc1. The van der Waals surface area contributed by atoms with Gasteiger partial charge in [0.25, 0.3) is 11.8 Å². The molecule has 0 spiro atoms. The van der Waals surface area contributed by atoms with E-state index < -0.39 is 11.9 Å². The standard InChI is InChI=1S/C22H24N2O4/c1-24(15-20(25)28-16-17-9-4-2-5-10-17)14-8-13-19(24)22(27)23-21(26)18-11-6-3-7-12-18/h2-7,9-12,19H,8,13-16H2,1H3/p+1/t19-,24?/m0/s1. The number of rotatable bonds is 6.